The molecule has 1 atom stereocenters. The normalized spacial score (nSPS) is 14.4. The molecule has 1 amide bonds. The monoisotopic (exact) mass is 741 g/mol. The first kappa shape index (κ1) is 33.8. The number of aromatic nitrogens is 3. The van der Waals surface area contributed by atoms with Gasteiger partial charge < -0.3 is 15.4 Å². The predicted molar refractivity (Wildman–Crippen MR) is 199 cm³/mol. The fraction of sp³-hybridized carbons (Fsp3) is 0.237. The van der Waals surface area contributed by atoms with Crippen LogP contribution in [0.25, 0.3) is 0 Å². The van der Waals surface area contributed by atoms with Crippen LogP contribution in [-0.4, -0.2) is 20.7 Å². The number of carbonyl (C=O) groups is 1. The number of aryl methyl sites for hydroxylation is 1. The van der Waals surface area contributed by atoms with Gasteiger partial charge in [-0.15, -0.1) is 5.10 Å². The molecule has 0 bridgehead atoms. The van der Waals surface area contributed by atoms with Crippen molar-refractivity contribution in [1.82, 2.24) is 14.8 Å². The highest BCUT2D eigenvalue weighted by Gasteiger charge is 2.36. The second-order valence-corrected chi connectivity index (χ2v) is 15.1. The van der Waals surface area contributed by atoms with Gasteiger partial charge in [0.25, 0.3) is 5.91 Å². The Balaban J connectivity index is 1.38. The molecule has 0 saturated carbocycles. The van der Waals surface area contributed by atoms with Crippen LogP contribution in [0.1, 0.15) is 61.6 Å². The quantitative estimate of drug-likeness (QED) is 0.146. The van der Waals surface area contributed by atoms with Crippen LogP contribution in [0, 0.1) is 6.92 Å². The van der Waals surface area contributed by atoms with Crippen molar-refractivity contribution < 1.29 is 9.53 Å². The summed E-state index contributed by atoms with van der Waals surface area (Å²) in [5.74, 6) is 1.54. The van der Waals surface area contributed by atoms with E-state index in [0.717, 1.165) is 32.4 Å². The first-order valence-electron chi connectivity index (χ1n) is 15.7. The highest BCUT2D eigenvalue weighted by atomic mass is 79.9. The Morgan fingerprint density at radius 1 is 1.02 bits per heavy atom. The number of para-hydroxylation sites is 1. The number of hydrogen-bond acceptors (Lipinski definition) is 6. The number of ether oxygens (including phenoxy) is 1. The number of nitrogens with zero attached hydrogens (tertiary/aromatic N) is 3. The fourth-order valence-electron chi connectivity index (χ4n) is 5.56. The van der Waals surface area contributed by atoms with E-state index in [0.29, 0.717) is 45.5 Å². The third-order valence-electron chi connectivity index (χ3n) is 8.27. The largest absolute Gasteiger partial charge is 0.489 e. The van der Waals surface area contributed by atoms with Gasteiger partial charge in [-0.05, 0) is 71.8 Å². The summed E-state index contributed by atoms with van der Waals surface area (Å²) in [4.78, 5) is 19.1. The summed E-state index contributed by atoms with van der Waals surface area (Å²) in [6.07, 6.45) is 0. The first-order valence-corrected chi connectivity index (χ1v) is 17.8. The van der Waals surface area contributed by atoms with E-state index < -0.39 is 6.04 Å². The number of amides is 1. The van der Waals surface area contributed by atoms with Crippen LogP contribution in [-0.2, 0) is 22.6 Å². The molecule has 0 fully saturated rings. The van der Waals surface area contributed by atoms with Crippen LogP contribution < -0.4 is 15.4 Å². The number of benzene rings is 4. The Morgan fingerprint density at radius 3 is 2.48 bits per heavy atom. The van der Waals surface area contributed by atoms with Crippen molar-refractivity contribution in [2.75, 3.05) is 10.6 Å². The number of rotatable bonds is 9. The first-order chi connectivity index (χ1) is 23.0. The van der Waals surface area contributed by atoms with Crippen LogP contribution >= 0.6 is 39.3 Å². The van der Waals surface area contributed by atoms with Gasteiger partial charge in [0.05, 0.1) is 5.57 Å². The minimum Gasteiger partial charge on any atom is -0.489 e. The molecule has 2 heterocycles. The van der Waals surface area contributed by atoms with Gasteiger partial charge in [0.15, 0.2) is 0 Å². The maximum Gasteiger partial charge on any atom is 0.255 e. The van der Waals surface area contributed by atoms with Gasteiger partial charge >= 0.3 is 0 Å². The van der Waals surface area contributed by atoms with Gasteiger partial charge in [-0.2, -0.15) is 4.98 Å². The Labute approximate surface area is 299 Å². The smallest absolute Gasteiger partial charge is 0.255 e. The highest BCUT2D eigenvalue weighted by Crippen LogP contribution is 2.42. The molecular formula is C38H37BrClN5O2S. The second-order valence-electron chi connectivity index (χ2n) is 12.8. The maximum absolute atomic E-state index is 14.2. The van der Waals surface area contributed by atoms with Crippen LogP contribution in [0.15, 0.2) is 112 Å². The number of allylic oxidation sites excluding steroid dienone is 1. The van der Waals surface area contributed by atoms with Crippen LogP contribution in [0.3, 0.4) is 0 Å². The van der Waals surface area contributed by atoms with E-state index in [-0.39, 0.29) is 11.3 Å². The lowest BCUT2D eigenvalue weighted by molar-refractivity contribution is -0.113. The van der Waals surface area contributed by atoms with Crippen LogP contribution in [0.2, 0.25) is 5.02 Å². The lowest BCUT2D eigenvalue weighted by Crippen LogP contribution is -2.32. The second kappa shape index (κ2) is 14.2. The molecule has 5 aromatic rings. The lowest BCUT2D eigenvalue weighted by atomic mass is 9.87. The molecule has 1 aromatic heterocycles. The summed E-state index contributed by atoms with van der Waals surface area (Å²) in [6.45, 7) is 10.8. The number of fused-ring (bicyclic) bond motifs is 1. The number of hydrogen-bond donors (Lipinski definition) is 2. The van der Waals surface area contributed by atoms with E-state index >= 15 is 0 Å². The van der Waals surface area contributed by atoms with Crippen molar-refractivity contribution in [3.05, 3.63) is 140 Å². The highest BCUT2D eigenvalue weighted by molar-refractivity contribution is 9.10. The lowest BCUT2D eigenvalue weighted by Gasteiger charge is -2.30. The topological polar surface area (TPSA) is 81.1 Å². The molecule has 10 heteroatoms. The average molecular weight is 743 g/mol. The molecule has 0 saturated heterocycles. The Morgan fingerprint density at radius 2 is 1.75 bits per heavy atom. The zero-order valence-electron chi connectivity index (χ0n) is 27.5. The third-order valence-corrected chi connectivity index (χ3v) is 10.0. The summed E-state index contributed by atoms with van der Waals surface area (Å²) in [5.41, 5.74) is 7.04. The zero-order valence-corrected chi connectivity index (χ0v) is 30.6. The minimum atomic E-state index is -0.636. The van der Waals surface area contributed by atoms with Crippen molar-refractivity contribution in [1.29, 1.82) is 0 Å². The number of carbonyl (C=O) groups excluding carboxylic acids is 1. The van der Waals surface area contributed by atoms with Gasteiger partial charge in [0.1, 0.15) is 18.4 Å². The minimum absolute atomic E-state index is 0.0622. The number of thioether (sulfide) groups is 1. The van der Waals surface area contributed by atoms with Crippen molar-refractivity contribution >= 4 is 56.8 Å². The fourth-order valence-corrected chi connectivity index (χ4v) is 7.05. The number of nitrogens with one attached hydrogen (secondary N) is 2. The van der Waals surface area contributed by atoms with E-state index in [1.807, 2.05) is 80.6 Å². The van der Waals surface area contributed by atoms with Gasteiger partial charge in [-0.1, -0.05) is 121 Å². The van der Waals surface area contributed by atoms with E-state index in [9.17, 15) is 4.79 Å². The zero-order chi connectivity index (χ0) is 34.0. The predicted octanol–water partition coefficient (Wildman–Crippen LogP) is 10.1. The molecule has 1 aliphatic heterocycles. The molecular weight excluding hydrogens is 706 g/mol. The molecule has 48 heavy (non-hydrogen) atoms. The van der Waals surface area contributed by atoms with E-state index in [1.165, 1.54) is 17.3 Å². The van der Waals surface area contributed by atoms with E-state index in [4.69, 9.17) is 26.4 Å². The van der Waals surface area contributed by atoms with Crippen molar-refractivity contribution in [2.45, 2.75) is 63.6 Å². The Kier molecular flexibility index (Phi) is 10.0. The summed E-state index contributed by atoms with van der Waals surface area (Å²) in [5, 5.41) is 12.7. The molecule has 4 aromatic carbocycles. The van der Waals surface area contributed by atoms with E-state index in [2.05, 4.69) is 71.6 Å². The van der Waals surface area contributed by atoms with Gasteiger partial charge in [0.2, 0.25) is 11.1 Å². The summed E-state index contributed by atoms with van der Waals surface area (Å²) >= 11 is 11.6. The standard InChI is InChI=1S/C38H37BrClN5O2S/c1-23-10-6-9-13-31(23)42-35(46)33-24(2)41-36-43-37(48-22-26-11-7-8-12-30(26)40)44-45(36)34(33)29-20-28(39)18-19-32(29)47-21-25-14-16-27(17-15-25)38(3,4)5/h6-20,34H,21-22H2,1-5H3,(H,42,46)(H,41,43,44). The molecule has 1 aliphatic rings. The SMILES string of the molecule is CC1=C(C(=O)Nc2ccccc2C)C(c2cc(Br)ccc2OCc2ccc(C(C)(C)C)cc2)n2nc(SCc3ccccc3Cl)nc2N1. The number of halogens is 2. The molecule has 246 valence electrons. The average Bonchev–Trinajstić information content (AvgIpc) is 3.46. The molecule has 0 radical (unpaired) electrons. The Bertz CT molecular complexity index is 2000. The summed E-state index contributed by atoms with van der Waals surface area (Å²) in [6, 6.07) is 29.2. The Hall–Kier alpha value is -4.05. The van der Waals surface area contributed by atoms with Gasteiger partial charge in [-0.3, -0.25) is 4.79 Å². The number of anilines is 2. The summed E-state index contributed by atoms with van der Waals surface area (Å²) < 4.78 is 9.15. The van der Waals surface area contributed by atoms with Crippen molar-refractivity contribution in [3.63, 3.8) is 0 Å². The molecule has 0 aliphatic carbocycles. The van der Waals surface area contributed by atoms with Gasteiger partial charge in [-0.25, -0.2) is 4.68 Å². The van der Waals surface area contributed by atoms with Gasteiger partial charge in [0, 0.05) is 32.2 Å². The molecule has 0 spiro atoms. The van der Waals surface area contributed by atoms with Crippen molar-refractivity contribution in [2.24, 2.45) is 0 Å². The van der Waals surface area contributed by atoms with E-state index in [1.54, 1.807) is 4.68 Å². The molecule has 6 rings (SSSR count). The molecule has 1 unspecified atom stereocenters. The summed E-state index contributed by atoms with van der Waals surface area (Å²) in [7, 11) is 0. The molecule has 2 N–H and O–H groups in total. The maximum atomic E-state index is 14.2. The van der Waals surface area contributed by atoms with Crippen molar-refractivity contribution in [3.8, 4) is 5.75 Å². The molecule has 7 nitrogen and oxygen atoms in total. The van der Waals surface area contributed by atoms with Crippen LogP contribution in [0.5, 0.6) is 5.75 Å². The van der Waals surface area contributed by atoms with Crippen LogP contribution in [0.4, 0.5) is 11.6 Å². The third kappa shape index (κ3) is 7.48.